The first-order valence-corrected chi connectivity index (χ1v) is 17.4. The number of rotatable bonds is 31. The Hall–Kier alpha value is -1.10. The van der Waals surface area contributed by atoms with Gasteiger partial charge >= 0.3 is 11.9 Å². The molecule has 0 aromatic carbocycles. The summed E-state index contributed by atoms with van der Waals surface area (Å²) in [5.74, 6) is 0.286. The highest BCUT2D eigenvalue weighted by molar-refractivity contribution is 5.69. The van der Waals surface area contributed by atoms with E-state index in [1.165, 1.54) is 128 Å². The van der Waals surface area contributed by atoms with E-state index in [0.717, 1.165) is 31.6 Å². The molecular weight excluding hydrogens is 500 g/mol. The number of carbonyl (C=O) groups excluding carboxylic acids is 2. The molecule has 1 N–H and O–H groups in total. The number of unbranched alkanes of at least 4 members (excludes halogenated alkanes) is 21. The Morgan fingerprint density at radius 3 is 1.12 bits per heavy atom. The third kappa shape index (κ3) is 31.4. The van der Waals surface area contributed by atoms with Crippen molar-refractivity contribution < 1.29 is 24.2 Å². The second-order valence-corrected chi connectivity index (χ2v) is 12.5. The number of hydrogen-bond acceptors (Lipinski definition) is 5. The van der Waals surface area contributed by atoms with E-state index in [1.807, 2.05) is 0 Å². The zero-order valence-electron chi connectivity index (χ0n) is 27.0. The van der Waals surface area contributed by atoms with Gasteiger partial charge in [0.15, 0.2) is 0 Å². The Morgan fingerprint density at radius 2 is 0.800 bits per heavy atom. The summed E-state index contributed by atoms with van der Waals surface area (Å²) in [7, 11) is 0. The van der Waals surface area contributed by atoms with Gasteiger partial charge in [0.1, 0.15) is 19.3 Å². The highest BCUT2D eigenvalue weighted by Crippen LogP contribution is 2.15. The van der Waals surface area contributed by atoms with E-state index in [9.17, 15) is 14.7 Å². The Labute approximate surface area is 248 Å². The summed E-state index contributed by atoms with van der Waals surface area (Å²) in [4.78, 5) is 23.8. The molecule has 0 rings (SSSR count). The Bertz CT molecular complexity index is 548. The second-order valence-electron chi connectivity index (χ2n) is 12.5. The van der Waals surface area contributed by atoms with Crippen molar-refractivity contribution in [3.05, 3.63) is 0 Å². The molecule has 0 saturated carbocycles. The van der Waals surface area contributed by atoms with Crippen LogP contribution in [0.3, 0.4) is 0 Å². The van der Waals surface area contributed by atoms with Crippen LogP contribution in [0.5, 0.6) is 0 Å². The Kier molecular flexibility index (Phi) is 30.0. The van der Waals surface area contributed by atoms with Crippen LogP contribution in [0, 0.1) is 5.92 Å². The van der Waals surface area contributed by atoms with Crippen molar-refractivity contribution in [2.45, 2.75) is 194 Å². The van der Waals surface area contributed by atoms with E-state index >= 15 is 0 Å². The zero-order chi connectivity index (χ0) is 29.5. The lowest BCUT2D eigenvalue weighted by molar-refractivity contribution is -0.152. The van der Waals surface area contributed by atoms with Gasteiger partial charge in [-0.25, -0.2) is 0 Å². The predicted molar refractivity (Wildman–Crippen MR) is 168 cm³/mol. The van der Waals surface area contributed by atoms with Gasteiger partial charge in [-0.1, -0.05) is 162 Å². The molecule has 0 heterocycles. The fraction of sp³-hybridized carbons (Fsp3) is 0.943. The molecule has 0 radical (unpaired) electrons. The Morgan fingerprint density at radius 1 is 0.500 bits per heavy atom. The lowest BCUT2D eigenvalue weighted by Crippen LogP contribution is -2.25. The molecule has 0 saturated heterocycles. The van der Waals surface area contributed by atoms with Crippen LogP contribution >= 0.6 is 0 Å². The summed E-state index contributed by atoms with van der Waals surface area (Å²) in [6.07, 6.45) is 30.1. The molecule has 5 nitrogen and oxygen atoms in total. The molecule has 0 aliphatic rings. The van der Waals surface area contributed by atoms with Crippen LogP contribution < -0.4 is 0 Å². The van der Waals surface area contributed by atoms with Crippen molar-refractivity contribution in [1.29, 1.82) is 0 Å². The number of hydrogen-bond donors (Lipinski definition) is 1. The smallest absolute Gasteiger partial charge is 0.305 e. The summed E-state index contributed by atoms with van der Waals surface area (Å²) in [6.45, 7) is 6.64. The molecule has 0 amide bonds. The van der Waals surface area contributed by atoms with Crippen LogP contribution in [0.4, 0.5) is 0 Å². The van der Waals surface area contributed by atoms with E-state index in [1.54, 1.807) is 0 Å². The molecule has 0 fully saturated rings. The normalized spacial score (nSPS) is 12.1. The first-order chi connectivity index (χ1) is 19.5. The third-order valence-electron chi connectivity index (χ3n) is 7.77. The van der Waals surface area contributed by atoms with E-state index < -0.39 is 6.10 Å². The molecule has 5 heteroatoms. The molecule has 1 atom stereocenters. The summed E-state index contributed by atoms with van der Waals surface area (Å²) < 4.78 is 10.3. The molecule has 0 aliphatic carbocycles. The number of esters is 2. The van der Waals surface area contributed by atoms with Crippen LogP contribution in [-0.4, -0.2) is 36.4 Å². The molecule has 0 unspecified atom stereocenters. The van der Waals surface area contributed by atoms with Crippen molar-refractivity contribution in [3.63, 3.8) is 0 Å². The molecule has 0 aliphatic heterocycles. The number of aliphatic hydroxyl groups is 1. The van der Waals surface area contributed by atoms with E-state index in [2.05, 4.69) is 20.8 Å². The van der Waals surface area contributed by atoms with Gasteiger partial charge in [0, 0.05) is 12.8 Å². The molecular formula is C35H68O5. The van der Waals surface area contributed by atoms with Gasteiger partial charge < -0.3 is 14.6 Å². The first kappa shape index (κ1) is 38.9. The largest absolute Gasteiger partial charge is 0.463 e. The van der Waals surface area contributed by atoms with Crippen LogP contribution in [0.15, 0.2) is 0 Å². The minimum atomic E-state index is -0.953. The van der Waals surface area contributed by atoms with Gasteiger partial charge in [0.25, 0.3) is 0 Å². The van der Waals surface area contributed by atoms with Gasteiger partial charge in [-0.3, -0.25) is 9.59 Å². The molecule has 0 aromatic heterocycles. The van der Waals surface area contributed by atoms with Crippen LogP contribution in [-0.2, 0) is 19.1 Å². The number of carbonyl (C=O) groups is 2. The van der Waals surface area contributed by atoms with Crippen molar-refractivity contribution in [2.24, 2.45) is 5.92 Å². The monoisotopic (exact) mass is 569 g/mol. The highest BCUT2D eigenvalue weighted by atomic mass is 16.6. The summed E-state index contributed by atoms with van der Waals surface area (Å²) in [5.41, 5.74) is 0. The fourth-order valence-electron chi connectivity index (χ4n) is 5.09. The molecule has 238 valence electrons. The summed E-state index contributed by atoms with van der Waals surface area (Å²) in [5, 5.41) is 9.96. The topological polar surface area (TPSA) is 72.8 Å². The first-order valence-electron chi connectivity index (χ1n) is 17.4. The van der Waals surface area contributed by atoms with Gasteiger partial charge in [-0.15, -0.1) is 0 Å². The SMILES string of the molecule is CCCCCCCCCCCCCC(=O)OC[C@@H](O)COC(=O)CCCCCCCCCCCCCCC(C)C. The van der Waals surface area contributed by atoms with E-state index in [0.29, 0.717) is 12.8 Å². The number of ether oxygens (including phenoxy) is 2. The molecule has 0 bridgehead atoms. The summed E-state index contributed by atoms with van der Waals surface area (Å²) in [6, 6.07) is 0. The fourth-order valence-corrected chi connectivity index (χ4v) is 5.09. The molecule has 40 heavy (non-hydrogen) atoms. The molecule has 0 spiro atoms. The van der Waals surface area contributed by atoms with Crippen LogP contribution in [0.2, 0.25) is 0 Å². The average molecular weight is 569 g/mol. The van der Waals surface area contributed by atoms with Crippen molar-refractivity contribution in [1.82, 2.24) is 0 Å². The summed E-state index contributed by atoms with van der Waals surface area (Å²) >= 11 is 0. The van der Waals surface area contributed by atoms with Gasteiger partial charge in [0.2, 0.25) is 0 Å². The Balaban J connectivity index is 3.40. The van der Waals surface area contributed by atoms with Crippen molar-refractivity contribution in [2.75, 3.05) is 13.2 Å². The van der Waals surface area contributed by atoms with Gasteiger partial charge in [0.05, 0.1) is 0 Å². The van der Waals surface area contributed by atoms with Gasteiger partial charge in [-0.2, -0.15) is 0 Å². The maximum Gasteiger partial charge on any atom is 0.305 e. The quantitative estimate of drug-likeness (QED) is 0.0665. The maximum absolute atomic E-state index is 11.9. The average Bonchev–Trinajstić information content (AvgIpc) is 2.93. The zero-order valence-corrected chi connectivity index (χ0v) is 27.0. The lowest BCUT2D eigenvalue weighted by atomic mass is 10.0. The predicted octanol–water partition coefficient (Wildman–Crippen LogP) is 10.3. The molecule has 0 aromatic rings. The van der Waals surface area contributed by atoms with Crippen LogP contribution in [0.25, 0.3) is 0 Å². The number of aliphatic hydroxyl groups excluding tert-OH is 1. The van der Waals surface area contributed by atoms with Crippen LogP contribution in [0.1, 0.15) is 188 Å². The van der Waals surface area contributed by atoms with E-state index in [-0.39, 0.29) is 25.2 Å². The highest BCUT2D eigenvalue weighted by Gasteiger charge is 2.12. The van der Waals surface area contributed by atoms with E-state index in [4.69, 9.17) is 9.47 Å². The standard InChI is InChI=1S/C35H68O5/c1-4-5-6-7-8-9-12-16-19-22-25-28-34(37)39-30-33(36)31-40-35(38)29-26-23-20-17-14-11-10-13-15-18-21-24-27-32(2)3/h32-33,36H,4-31H2,1-3H3/t33-/m1/s1. The lowest BCUT2D eigenvalue weighted by Gasteiger charge is -2.12. The minimum Gasteiger partial charge on any atom is -0.463 e. The minimum absolute atomic E-state index is 0.109. The van der Waals surface area contributed by atoms with Gasteiger partial charge in [-0.05, 0) is 18.8 Å². The van der Waals surface area contributed by atoms with Crippen molar-refractivity contribution in [3.8, 4) is 0 Å². The third-order valence-corrected chi connectivity index (χ3v) is 7.77. The van der Waals surface area contributed by atoms with Crippen molar-refractivity contribution >= 4 is 11.9 Å². The second kappa shape index (κ2) is 30.8. The maximum atomic E-state index is 11.9.